The number of benzene rings is 2. The average molecular weight is 900 g/mol. The van der Waals surface area contributed by atoms with Gasteiger partial charge in [0, 0.05) is 39.0 Å². The van der Waals surface area contributed by atoms with E-state index >= 15 is 0 Å². The number of hydrogen-bond donors (Lipinski definition) is 4. The molecule has 0 unspecified atom stereocenters. The lowest BCUT2D eigenvalue weighted by Crippen LogP contribution is -2.58. The van der Waals surface area contributed by atoms with Crippen LogP contribution in [-0.2, 0) is 45.1 Å². The molecule has 4 rings (SSSR count). The second kappa shape index (κ2) is 24.4. The van der Waals surface area contributed by atoms with Gasteiger partial charge in [-0.05, 0) is 60.1 Å². The maximum Gasteiger partial charge on any atom is 0.318 e. The molecular weight excluding hydrogens is 840 g/mol. The monoisotopic (exact) mass is 898 g/mol. The smallest absolute Gasteiger partial charge is 0.318 e. The minimum absolute atomic E-state index is 0.0982. The number of hydrogen-bond acceptors (Lipinski definition) is 8. The fourth-order valence-corrected chi connectivity index (χ4v) is 6.88. The fraction of sp³-hybridized carbons (Fsp3) is 0.413. The van der Waals surface area contributed by atoms with Crippen LogP contribution in [0.3, 0.4) is 0 Å². The van der Waals surface area contributed by atoms with Gasteiger partial charge in [-0.3, -0.25) is 24.4 Å². The average Bonchev–Trinajstić information content (AvgIpc) is 3.24. The number of alkyl halides is 1. The zero-order valence-corrected chi connectivity index (χ0v) is 37.4. The molecular formula is C46H59BrN8O6. The first-order chi connectivity index (χ1) is 29.2. The van der Waals surface area contributed by atoms with Crippen molar-refractivity contribution < 1.29 is 28.7 Å². The maximum absolute atomic E-state index is 14.3. The first kappa shape index (κ1) is 47.8. The normalized spacial score (nSPS) is 13.5. The Labute approximate surface area is 367 Å². The van der Waals surface area contributed by atoms with E-state index < -0.39 is 60.1 Å². The highest BCUT2D eigenvalue weighted by molar-refractivity contribution is 9.09. The van der Waals surface area contributed by atoms with Crippen molar-refractivity contribution in [2.75, 3.05) is 19.4 Å². The van der Waals surface area contributed by atoms with E-state index in [1.54, 1.807) is 38.6 Å². The van der Waals surface area contributed by atoms with E-state index in [1.165, 1.54) is 9.80 Å². The van der Waals surface area contributed by atoms with Gasteiger partial charge in [0.2, 0.25) is 11.8 Å². The lowest BCUT2D eigenvalue weighted by molar-refractivity contribution is -0.149. The van der Waals surface area contributed by atoms with Gasteiger partial charge in [0.05, 0.1) is 30.5 Å². The minimum Gasteiger partial charge on any atom is -0.459 e. The molecule has 5 atom stereocenters. The number of ether oxygens (including phenoxy) is 1. The van der Waals surface area contributed by atoms with Crippen molar-refractivity contribution >= 4 is 45.8 Å². The maximum atomic E-state index is 14.3. The number of amides is 6. The number of pyridine rings is 2. The SMILES string of the molecule is CC(C)[C@H](NC(=O)N(C)Cc1ccccn1)C(=O)N[C@@H](Cc1ccccc1)C[C@H](OC(=O)CBr)[C@H](Cc1ccccc1)NC(=O)[C@@H](NC(=O)N(C)Cc1ccccn1)C(C)C. The van der Waals surface area contributed by atoms with E-state index in [2.05, 4.69) is 47.2 Å². The summed E-state index contributed by atoms with van der Waals surface area (Å²) in [4.78, 5) is 80.1. The number of aromatic nitrogens is 2. The number of nitrogens with zero attached hydrogens (tertiary/aromatic N) is 4. The summed E-state index contributed by atoms with van der Waals surface area (Å²) in [5.74, 6) is -2.04. The molecule has 0 aliphatic rings. The van der Waals surface area contributed by atoms with Gasteiger partial charge in [-0.15, -0.1) is 0 Å². The number of nitrogens with one attached hydrogen (secondary N) is 4. The van der Waals surface area contributed by atoms with Gasteiger partial charge in [-0.2, -0.15) is 0 Å². The fourth-order valence-electron chi connectivity index (χ4n) is 6.74. The van der Waals surface area contributed by atoms with Crippen LogP contribution in [0.25, 0.3) is 0 Å². The van der Waals surface area contributed by atoms with Crippen molar-refractivity contribution in [1.29, 1.82) is 0 Å². The first-order valence-electron chi connectivity index (χ1n) is 20.5. The Morgan fingerprint density at radius 1 is 0.607 bits per heavy atom. The Morgan fingerprint density at radius 3 is 1.48 bits per heavy atom. The topological polar surface area (TPSA) is 175 Å². The number of carbonyl (C=O) groups is 5. The van der Waals surface area contributed by atoms with Crippen LogP contribution in [-0.4, -0.2) is 99.3 Å². The lowest BCUT2D eigenvalue weighted by Gasteiger charge is -2.34. The van der Waals surface area contributed by atoms with Crippen molar-refractivity contribution in [3.05, 3.63) is 132 Å². The largest absolute Gasteiger partial charge is 0.459 e. The van der Waals surface area contributed by atoms with Crippen LogP contribution in [0.15, 0.2) is 109 Å². The number of halogens is 1. The molecule has 0 aliphatic heterocycles. The second-order valence-electron chi connectivity index (χ2n) is 15.8. The van der Waals surface area contributed by atoms with Crippen LogP contribution < -0.4 is 21.3 Å². The summed E-state index contributed by atoms with van der Waals surface area (Å²) < 4.78 is 6.13. The van der Waals surface area contributed by atoms with Gasteiger partial charge in [0.1, 0.15) is 23.5 Å². The highest BCUT2D eigenvalue weighted by atomic mass is 79.9. The molecule has 6 amide bonds. The molecule has 0 spiro atoms. The molecule has 0 radical (unpaired) electrons. The van der Waals surface area contributed by atoms with E-state index in [0.29, 0.717) is 17.8 Å². The van der Waals surface area contributed by atoms with Gasteiger partial charge in [-0.1, -0.05) is 116 Å². The first-order valence-corrected chi connectivity index (χ1v) is 21.6. The quantitative estimate of drug-likeness (QED) is 0.0613. The van der Waals surface area contributed by atoms with Gasteiger partial charge in [0.25, 0.3) is 0 Å². The summed E-state index contributed by atoms with van der Waals surface area (Å²) in [5, 5.41) is 12.0. The molecule has 4 aromatic rings. The van der Waals surface area contributed by atoms with E-state index in [1.807, 2.05) is 113 Å². The van der Waals surface area contributed by atoms with E-state index in [0.717, 1.165) is 11.1 Å². The van der Waals surface area contributed by atoms with E-state index in [4.69, 9.17) is 4.74 Å². The Morgan fingerprint density at radius 2 is 1.05 bits per heavy atom. The van der Waals surface area contributed by atoms with Gasteiger partial charge >= 0.3 is 18.0 Å². The van der Waals surface area contributed by atoms with Gasteiger partial charge in [-0.25, -0.2) is 9.59 Å². The summed E-state index contributed by atoms with van der Waals surface area (Å²) in [5.41, 5.74) is 3.18. The molecule has 4 N–H and O–H groups in total. The molecule has 15 heteroatoms. The molecule has 2 heterocycles. The molecule has 14 nitrogen and oxygen atoms in total. The molecule has 61 heavy (non-hydrogen) atoms. The minimum atomic E-state index is -0.949. The van der Waals surface area contributed by atoms with Crippen LogP contribution in [0.2, 0.25) is 0 Å². The van der Waals surface area contributed by atoms with E-state index in [-0.39, 0.29) is 43.1 Å². The molecule has 0 aliphatic carbocycles. The van der Waals surface area contributed by atoms with Crippen molar-refractivity contribution in [1.82, 2.24) is 41.0 Å². The lowest BCUT2D eigenvalue weighted by atomic mass is 9.92. The molecule has 0 fully saturated rings. The zero-order chi connectivity index (χ0) is 44.3. The van der Waals surface area contributed by atoms with Crippen molar-refractivity contribution in [3.63, 3.8) is 0 Å². The Balaban J connectivity index is 1.62. The molecule has 326 valence electrons. The molecule has 2 aromatic carbocycles. The third kappa shape index (κ3) is 15.9. The molecule has 0 bridgehead atoms. The molecule has 2 aromatic heterocycles. The van der Waals surface area contributed by atoms with Crippen LogP contribution >= 0.6 is 15.9 Å². The second-order valence-corrected chi connectivity index (χ2v) is 16.4. The summed E-state index contributed by atoms with van der Waals surface area (Å²) in [6.45, 7) is 7.85. The zero-order valence-electron chi connectivity index (χ0n) is 35.8. The van der Waals surface area contributed by atoms with Crippen LogP contribution in [0.1, 0.15) is 56.6 Å². The summed E-state index contributed by atoms with van der Waals surface area (Å²) in [6.07, 6.45) is 3.08. The van der Waals surface area contributed by atoms with E-state index in [9.17, 15) is 24.0 Å². The van der Waals surface area contributed by atoms with Gasteiger partial charge < -0.3 is 35.8 Å². The standard InChI is InChI=1S/C46H59BrN8O6/c1-31(2)41(52-45(59)54(5)29-35-21-13-15-23-48-35)43(57)50-37(25-33-17-9-7-10-18-33)27-39(61-40(56)28-47)38(26-34-19-11-8-12-20-34)51-44(58)42(32(3)4)53-46(60)55(6)30-36-22-14-16-24-49-36/h7-24,31-32,37-39,41-42H,25-30H2,1-6H3,(H,50,57)(H,51,58)(H,52,59)(H,53,60)/t37-,38-,39-,41-,42-/m0/s1. The van der Waals surface area contributed by atoms with Crippen molar-refractivity contribution in [2.24, 2.45) is 11.8 Å². The third-order valence-corrected chi connectivity index (χ3v) is 10.5. The van der Waals surface area contributed by atoms with Crippen LogP contribution in [0.4, 0.5) is 9.59 Å². The predicted octanol–water partition coefficient (Wildman–Crippen LogP) is 5.66. The van der Waals surface area contributed by atoms with Crippen molar-refractivity contribution in [3.8, 4) is 0 Å². The molecule has 0 saturated heterocycles. The van der Waals surface area contributed by atoms with Crippen LogP contribution in [0.5, 0.6) is 0 Å². The highest BCUT2D eigenvalue weighted by Gasteiger charge is 2.35. The summed E-state index contributed by atoms with van der Waals surface area (Å²) in [6, 6.07) is 25.8. The predicted molar refractivity (Wildman–Crippen MR) is 238 cm³/mol. The Kier molecular flexibility index (Phi) is 19.2. The van der Waals surface area contributed by atoms with Crippen LogP contribution in [0, 0.1) is 11.8 Å². The third-order valence-electron chi connectivity index (χ3n) is 10.1. The number of esters is 1. The number of urea groups is 2. The number of carbonyl (C=O) groups excluding carboxylic acids is 5. The Bertz CT molecular complexity index is 1980. The molecule has 0 saturated carbocycles. The summed E-state index contributed by atoms with van der Waals surface area (Å²) >= 11 is 3.23. The van der Waals surface area contributed by atoms with Crippen molar-refractivity contribution in [2.45, 2.75) is 90.3 Å². The Hall–Kier alpha value is -5.83. The number of rotatable bonds is 21. The van der Waals surface area contributed by atoms with Gasteiger partial charge in [0.15, 0.2) is 0 Å². The highest BCUT2D eigenvalue weighted by Crippen LogP contribution is 2.19. The summed E-state index contributed by atoms with van der Waals surface area (Å²) in [7, 11) is 3.27.